The summed E-state index contributed by atoms with van der Waals surface area (Å²) in [5.41, 5.74) is 7.10. The van der Waals surface area contributed by atoms with E-state index in [1.54, 1.807) is 19.2 Å². The molecule has 0 saturated heterocycles. The highest BCUT2D eigenvalue weighted by Gasteiger charge is 2.40. The summed E-state index contributed by atoms with van der Waals surface area (Å²) in [6.45, 7) is 0. The number of methoxy groups -OCH3 is 1. The summed E-state index contributed by atoms with van der Waals surface area (Å²) in [6.07, 6.45) is 5.92. The fourth-order valence-electron chi connectivity index (χ4n) is 3.87. The number of nitrogens with two attached hydrogens (primary N) is 1. The molecule has 0 aliphatic heterocycles. The largest absolute Gasteiger partial charge is 0.495 e. The van der Waals surface area contributed by atoms with Crippen molar-refractivity contribution < 1.29 is 9.53 Å². The first-order chi connectivity index (χ1) is 9.65. The minimum Gasteiger partial charge on any atom is -0.495 e. The Labute approximate surface area is 119 Å². The van der Waals surface area contributed by atoms with E-state index in [4.69, 9.17) is 10.5 Å². The van der Waals surface area contributed by atoms with Gasteiger partial charge in [0, 0.05) is 18.2 Å². The van der Waals surface area contributed by atoms with Crippen LogP contribution in [0.3, 0.4) is 0 Å². The molecule has 0 radical (unpaired) electrons. The van der Waals surface area contributed by atoms with Crippen molar-refractivity contribution in [3.8, 4) is 5.75 Å². The van der Waals surface area contributed by atoms with Crippen molar-refractivity contribution in [2.45, 2.75) is 32.1 Å². The lowest BCUT2D eigenvalue weighted by Gasteiger charge is -2.21. The molecule has 2 fully saturated rings. The van der Waals surface area contributed by atoms with E-state index in [1.807, 2.05) is 6.07 Å². The molecule has 108 valence electrons. The van der Waals surface area contributed by atoms with Crippen molar-refractivity contribution >= 4 is 17.3 Å². The molecule has 0 spiro atoms. The lowest BCUT2D eigenvalue weighted by atomic mass is 9.86. The number of fused-ring (bicyclic) bond motifs is 2. The normalized spacial score (nSPS) is 27.6. The topological polar surface area (TPSA) is 64.3 Å². The minimum absolute atomic E-state index is 0.106. The summed E-state index contributed by atoms with van der Waals surface area (Å²) in [7, 11) is 1.58. The predicted molar refractivity (Wildman–Crippen MR) is 79.6 cm³/mol. The van der Waals surface area contributed by atoms with Gasteiger partial charge in [0.05, 0.1) is 12.8 Å². The average molecular weight is 274 g/mol. The molecule has 0 heterocycles. The van der Waals surface area contributed by atoms with E-state index in [0.717, 1.165) is 17.5 Å². The van der Waals surface area contributed by atoms with E-state index in [-0.39, 0.29) is 5.91 Å². The molecule has 1 aromatic rings. The smallest absolute Gasteiger partial charge is 0.224 e. The third-order valence-electron chi connectivity index (χ3n) is 4.85. The molecule has 4 nitrogen and oxygen atoms in total. The highest BCUT2D eigenvalue weighted by molar-refractivity contribution is 5.91. The van der Waals surface area contributed by atoms with Gasteiger partial charge in [0.15, 0.2) is 0 Å². The van der Waals surface area contributed by atoms with Gasteiger partial charge in [0.25, 0.3) is 0 Å². The second-order valence-corrected chi connectivity index (χ2v) is 6.14. The lowest BCUT2D eigenvalue weighted by Crippen LogP contribution is -2.20. The van der Waals surface area contributed by atoms with Crippen LogP contribution in [0.1, 0.15) is 32.1 Å². The van der Waals surface area contributed by atoms with Crippen molar-refractivity contribution in [3.05, 3.63) is 18.2 Å². The molecule has 1 aromatic carbocycles. The van der Waals surface area contributed by atoms with Crippen LogP contribution in [0.15, 0.2) is 18.2 Å². The Morgan fingerprint density at radius 3 is 2.90 bits per heavy atom. The summed E-state index contributed by atoms with van der Waals surface area (Å²) >= 11 is 0. The van der Waals surface area contributed by atoms with Crippen LogP contribution in [0.25, 0.3) is 0 Å². The van der Waals surface area contributed by atoms with Crippen molar-refractivity contribution in [3.63, 3.8) is 0 Å². The van der Waals surface area contributed by atoms with Crippen molar-refractivity contribution in [2.75, 3.05) is 18.2 Å². The predicted octanol–water partition coefficient (Wildman–Crippen LogP) is 3.04. The molecule has 4 heteroatoms. The van der Waals surface area contributed by atoms with Gasteiger partial charge in [-0.25, -0.2) is 0 Å². The Morgan fingerprint density at radius 2 is 2.25 bits per heavy atom. The third kappa shape index (κ3) is 2.60. The van der Waals surface area contributed by atoms with E-state index in [0.29, 0.717) is 23.8 Å². The molecule has 0 aromatic heterocycles. The SMILES string of the molecule is COc1cc(NC(=O)CC2CC3CCC2C3)ccc1N. The van der Waals surface area contributed by atoms with Crippen molar-refractivity contribution in [1.82, 2.24) is 0 Å². The van der Waals surface area contributed by atoms with E-state index >= 15 is 0 Å². The number of carbonyl (C=O) groups excluding carboxylic acids is 1. The second kappa shape index (κ2) is 5.35. The van der Waals surface area contributed by atoms with Crippen LogP contribution in [0, 0.1) is 17.8 Å². The van der Waals surface area contributed by atoms with Crippen LogP contribution < -0.4 is 15.8 Å². The van der Waals surface area contributed by atoms with Crippen LogP contribution >= 0.6 is 0 Å². The van der Waals surface area contributed by atoms with E-state index in [2.05, 4.69) is 5.32 Å². The zero-order chi connectivity index (χ0) is 14.1. The quantitative estimate of drug-likeness (QED) is 0.829. The fourth-order valence-corrected chi connectivity index (χ4v) is 3.87. The van der Waals surface area contributed by atoms with Gasteiger partial charge < -0.3 is 15.8 Å². The lowest BCUT2D eigenvalue weighted by molar-refractivity contribution is -0.117. The van der Waals surface area contributed by atoms with Gasteiger partial charge in [0.2, 0.25) is 5.91 Å². The molecule has 2 bridgehead atoms. The van der Waals surface area contributed by atoms with Gasteiger partial charge in [0.1, 0.15) is 5.75 Å². The van der Waals surface area contributed by atoms with E-state index in [1.165, 1.54) is 25.7 Å². The minimum atomic E-state index is 0.106. The third-order valence-corrected chi connectivity index (χ3v) is 4.85. The Kier molecular flexibility index (Phi) is 3.55. The highest BCUT2D eigenvalue weighted by atomic mass is 16.5. The Hall–Kier alpha value is -1.71. The average Bonchev–Trinajstić information content (AvgIpc) is 3.03. The van der Waals surface area contributed by atoms with Crippen LogP contribution in [-0.2, 0) is 4.79 Å². The maximum Gasteiger partial charge on any atom is 0.224 e. The number of nitrogen functional groups attached to an aromatic ring is 1. The number of rotatable bonds is 4. The molecule has 3 atom stereocenters. The van der Waals surface area contributed by atoms with Crippen LogP contribution in [0.2, 0.25) is 0 Å². The Bertz CT molecular complexity index is 515. The highest BCUT2D eigenvalue weighted by Crippen LogP contribution is 2.49. The van der Waals surface area contributed by atoms with Gasteiger partial charge >= 0.3 is 0 Å². The first-order valence-electron chi connectivity index (χ1n) is 7.39. The summed E-state index contributed by atoms with van der Waals surface area (Å²) in [4.78, 5) is 12.1. The number of amides is 1. The fraction of sp³-hybridized carbons (Fsp3) is 0.562. The molecular weight excluding hydrogens is 252 g/mol. The monoisotopic (exact) mass is 274 g/mol. The zero-order valence-electron chi connectivity index (χ0n) is 11.9. The van der Waals surface area contributed by atoms with Gasteiger partial charge in [-0.05, 0) is 49.1 Å². The number of carbonyl (C=O) groups is 1. The number of nitrogens with one attached hydrogen (secondary N) is 1. The van der Waals surface area contributed by atoms with Gasteiger partial charge in [-0.3, -0.25) is 4.79 Å². The summed E-state index contributed by atoms with van der Waals surface area (Å²) in [6, 6.07) is 5.34. The van der Waals surface area contributed by atoms with Gasteiger partial charge in [-0.2, -0.15) is 0 Å². The van der Waals surface area contributed by atoms with Crippen LogP contribution in [0.4, 0.5) is 11.4 Å². The Morgan fingerprint density at radius 1 is 1.40 bits per heavy atom. The molecular formula is C16H22N2O2. The van der Waals surface area contributed by atoms with Crippen molar-refractivity contribution in [1.29, 1.82) is 0 Å². The molecule has 2 aliphatic carbocycles. The number of anilines is 2. The first kappa shape index (κ1) is 13.3. The zero-order valence-corrected chi connectivity index (χ0v) is 11.9. The molecule has 3 rings (SSSR count). The first-order valence-corrected chi connectivity index (χ1v) is 7.39. The summed E-state index contributed by atoms with van der Waals surface area (Å²) in [5, 5.41) is 2.96. The second-order valence-electron chi connectivity index (χ2n) is 6.14. The summed E-state index contributed by atoms with van der Waals surface area (Å²) in [5.74, 6) is 2.96. The van der Waals surface area contributed by atoms with Crippen LogP contribution in [-0.4, -0.2) is 13.0 Å². The number of benzene rings is 1. The maximum atomic E-state index is 12.1. The molecule has 20 heavy (non-hydrogen) atoms. The number of ether oxygens (including phenoxy) is 1. The number of hydrogen-bond acceptors (Lipinski definition) is 3. The molecule has 1 amide bonds. The molecule has 2 aliphatic rings. The van der Waals surface area contributed by atoms with E-state index in [9.17, 15) is 4.79 Å². The maximum absolute atomic E-state index is 12.1. The Balaban J connectivity index is 1.59. The van der Waals surface area contributed by atoms with Gasteiger partial charge in [-0.15, -0.1) is 0 Å². The van der Waals surface area contributed by atoms with Crippen LogP contribution in [0.5, 0.6) is 5.75 Å². The van der Waals surface area contributed by atoms with Gasteiger partial charge in [-0.1, -0.05) is 6.42 Å². The summed E-state index contributed by atoms with van der Waals surface area (Å²) < 4.78 is 5.16. The molecule has 2 saturated carbocycles. The van der Waals surface area contributed by atoms with Crippen molar-refractivity contribution in [2.24, 2.45) is 17.8 Å². The molecule has 3 N–H and O–H groups in total. The van der Waals surface area contributed by atoms with E-state index < -0.39 is 0 Å². The molecule has 3 unspecified atom stereocenters. The number of hydrogen-bond donors (Lipinski definition) is 2. The standard InChI is InChI=1S/C16H22N2O2/c1-20-15-9-13(4-5-14(15)17)18-16(19)8-12-7-10-2-3-11(12)6-10/h4-5,9-12H,2-3,6-8,17H2,1H3,(H,18,19).